The number of pyridine rings is 1. The number of hydrogen-bond donors (Lipinski definition) is 0. The zero-order valence-electron chi connectivity index (χ0n) is 13.7. The number of hydrogen-bond acceptors (Lipinski definition) is 6. The molecule has 2 saturated heterocycles. The van der Waals surface area contributed by atoms with E-state index >= 15 is 0 Å². The molecule has 0 unspecified atom stereocenters. The topological polar surface area (TPSA) is 68.5 Å². The maximum Gasteiger partial charge on any atom is 0.259 e. The van der Waals surface area contributed by atoms with Gasteiger partial charge in [0.2, 0.25) is 5.88 Å². The second-order valence-electron chi connectivity index (χ2n) is 6.47. The molecule has 2 aromatic rings. The van der Waals surface area contributed by atoms with Gasteiger partial charge in [0.1, 0.15) is 17.4 Å². The summed E-state index contributed by atoms with van der Waals surface area (Å²) in [7, 11) is 0. The molecule has 0 aliphatic carbocycles. The van der Waals surface area contributed by atoms with Crippen LogP contribution in [0.4, 0.5) is 0 Å². The summed E-state index contributed by atoms with van der Waals surface area (Å²) in [4.78, 5) is 18.7. The van der Waals surface area contributed by atoms with E-state index in [1.165, 1.54) is 0 Å². The molecule has 0 bridgehead atoms. The molecule has 1 atom stereocenters. The third kappa shape index (κ3) is 2.66. The minimum Gasteiger partial charge on any atom is -0.473 e. The molecule has 0 aromatic carbocycles. The monoisotopic (exact) mass is 345 g/mol. The largest absolute Gasteiger partial charge is 0.473 e. The van der Waals surface area contributed by atoms with Crippen molar-refractivity contribution in [1.29, 1.82) is 0 Å². The van der Waals surface area contributed by atoms with Gasteiger partial charge in [0.25, 0.3) is 5.91 Å². The van der Waals surface area contributed by atoms with Crippen molar-refractivity contribution in [2.75, 3.05) is 18.8 Å². The highest BCUT2D eigenvalue weighted by atomic mass is 32.2. The van der Waals surface area contributed by atoms with E-state index in [2.05, 4.69) is 10.1 Å². The fourth-order valence-electron chi connectivity index (χ4n) is 3.43. The van der Waals surface area contributed by atoms with Crippen molar-refractivity contribution in [3.8, 4) is 5.88 Å². The van der Waals surface area contributed by atoms with Gasteiger partial charge in [-0.1, -0.05) is 11.2 Å². The van der Waals surface area contributed by atoms with Gasteiger partial charge in [-0.3, -0.25) is 4.79 Å². The molecular formula is C17H19N3O3S. The number of thioether (sulfide) groups is 1. The van der Waals surface area contributed by atoms with Crippen molar-refractivity contribution in [2.24, 2.45) is 0 Å². The fourth-order valence-corrected chi connectivity index (χ4v) is 4.95. The Balaban J connectivity index is 1.36. The smallest absolute Gasteiger partial charge is 0.259 e. The first kappa shape index (κ1) is 15.5. The standard InChI is InChI=1S/C17H19N3O3S/c1-11-15(12(2)23-19-11)16(21)20-9-17(10-20)7-13(8-24-17)22-14-5-3-4-6-18-14/h3-6,13H,7-10H2,1-2H3/t13-/m1/s1. The summed E-state index contributed by atoms with van der Waals surface area (Å²) < 4.78 is 11.2. The molecule has 2 aliphatic heterocycles. The lowest BCUT2D eigenvalue weighted by atomic mass is 9.92. The van der Waals surface area contributed by atoms with Crippen LogP contribution in [0.1, 0.15) is 28.2 Å². The normalized spacial score (nSPS) is 21.8. The summed E-state index contributed by atoms with van der Waals surface area (Å²) in [5, 5.41) is 3.87. The lowest BCUT2D eigenvalue weighted by molar-refractivity contribution is 0.0513. The molecule has 0 radical (unpaired) electrons. The molecule has 6 nitrogen and oxygen atoms in total. The Morgan fingerprint density at radius 2 is 2.25 bits per heavy atom. The lowest BCUT2D eigenvalue weighted by Gasteiger charge is -2.47. The lowest BCUT2D eigenvalue weighted by Crippen LogP contribution is -2.61. The van der Waals surface area contributed by atoms with E-state index in [0.717, 1.165) is 25.3 Å². The van der Waals surface area contributed by atoms with Gasteiger partial charge in [-0.05, 0) is 19.9 Å². The second-order valence-corrected chi connectivity index (χ2v) is 7.95. The Morgan fingerprint density at radius 3 is 2.92 bits per heavy atom. The summed E-state index contributed by atoms with van der Waals surface area (Å²) in [5.41, 5.74) is 1.27. The van der Waals surface area contributed by atoms with Crippen LogP contribution in [0, 0.1) is 13.8 Å². The third-order valence-corrected chi connectivity index (χ3v) is 6.17. The number of aromatic nitrogens is 2. The van der Waals surface area contributed by atoms with E-state index in [-0.39, 0.29) is 16.8 Å². The minimum absolute atomic E-state index is 0.0200. The van der Waals surface area contributed by atoms with Crippen LogP contribution in [0.15, 0.2) is 28.9 Å². The summed E-state index contributed by atoms with van der Waals surface area (Å²) >= 11 is 1.90. The van der Waals surface area contributed by atoms with Gasteiger partial charge in [-0.15, -0.1) is 11.8 Å². The van der Waals surface area contributed by atoms with Crippen LogP contribution in [0.5, 0.6) is 5.88 Å². The Bertz CT molecular complexity index is 736. The van der Waals surface area contributed by atoms with E-state index in [4.69, 9.17) is 9.26 Å². The molecule has 0 N–H and O–H groups in total. The van der Waals surface area contributed by atoms with E-state index in [1.54, 1.807) is 20.0 Å². The number of nitrogens with zero attached hydrogens (tertiary/aromatic N) is 3. The molecule has 4 rings (SSSR count). The van der Waals surface area contributed by atoms with E-state index in [9.17, 15) is 4.79 Å². The third-order valence-electron chi connectivity index (χ3n) is 4.59. The molecule has 24 heavy (non-hydrogen) atoms. The Kier molecular flexibility index (Phi) is 3.75. The van der Waals surface area contributed by atoms with Gasteiger partial charge in [0, 0.05) is 37.5 Å². The minimum atomic E-state index is 0.0200. The van der Waals surface area contributed by atoms with Crippen molar-refractivity contribution in [1.82, 2.24) is 15.0 Å². The maximum absolute atomic E-state index is 12.6. The van der Waals surface area contributed by atoms with Crippen LogP contribution in [-0.4, -0.2) is 50.6 Å². The van der Waals surface area contributed by atoms with Crippen molar-refractivity contribution < 1.29 is 14.1 Å². The van der Waals surface area contributed by atoms with Crippen LogP contribution in [-0.2, 0) is 0 Å². The Morgan fingerprint density at radius 1 is 1.42 bits per heavy atom. The molecule has 126 valence electrons. The van der Waals surface area contributed by atoms with Gasteiger partial charge in [-0.2, -0.15) is 0 Å². The van der Waals surface area contributed by atoms with E-state index < -0.39 is 0 Å². The number of aryl methyl sites for hydroxylation is 2. The van der Waals surface area contributed by atoms with Crippen molar-refractivity contribution in [3.05, 3.63) is 41.4 Å². The summed E-state index contributed by atoms with van der Waals surface area (Å²) in [6.45, 7) is 5.09. The summed E-state index contributed by atoms with van der Waals surface area (Å²) in [6.07, 6.45) is 2.83. The first-order valence-corrected chi connectivity index (χ1v) is 8.99. The highest BCUT2D eigenvalue weighted by molar-refractivity contribution is 8.01. The molecule has 1 amide bonds. The van der Waals surface area contributed by atoms with E-state index in [1.807, 2.05) is 34.9 Å². The molecule has 4 heterocycles. The number of carbonyl (C=O) groups is 1. The summed E-state index contributed by atoms with van der Waals surface area (Å²) in [5.74, 6) is 2.22. The Labute approximate surface area is 144 Å². The van der Waals surface area contributed by atoms with Crippen LogP contribution in [0.25, 0.3) is 0 Å². The SMILES string of the molecule is Cc1noc(C)c1C(=O)N1CC2(C[C@@H](Oc3ccccn3)CS2)C1. The number of ether oxygens (including phenoxy) is 1. The van der Waals surface area contributed by atoms with Crippen LogP contribution >= 0.6 is 11.8 Å². The van der Waals surface area contributed by atoms with E-state index in [0.29, 0.717) is 22.9 Å². The van der Waals surface area contributed by atoms with Crippen LogP contribution in [0.3, 0.4) is 0 Å². The predicted molar refractivity (Wildman–Crippen MR) is 90.3 cm³/mol. The molecule has 0 saturated carbocycles. The molecule has 2 fully saturated rings. The predicted octanol–water partition coefficient (Wildman–Crippen LogP) is 2.47. The van der Waals surface area contributed by atoms with Gasteiger partial charge in [0.15, 0.2) is 0 Å². The average Bonchev–Trinajstić information content (AvgIpc) is 3.10. The number of carbonyl (C=O) groups excluding carboxylic acids is 1. The zero-order valence-corrected chi connectivity index (χ0v) is 14.5. The van der Waals surface area contributed by atoms with Gasteiger partial charge < -0.3 is 14.2 Å². The molecular weight excluding hydrogens is 326 g/mol. The first-order chi connectivity index (χ1) is 11.6. The average molecular weight is 345 g/mol. The molecule has 2 aromatic heterocycles. The summed E-state index contributed by atoms with van der Waals surface area (Å²) in [6, 6.07) is 5.68. The van der Waals surface area contributed by atoms with Crippen molar-refractivity contribution >= 4 is 17.7 Å². The van der Waals surface area contributed by atoms with Gasteiger partial charge in [-0.25, -0.2) is 4.98 Å². The van der Waals surface area contributed by atoms with Crippen LogP contribution in [0.2, 0.25) is 0 Å². The van der Waals surface area contributed by atoms with Crippen LogP contribution < -0.4 is 4.74 Å². The fraction of sp³-hybridized carbons (Fsp3) is 0.471. The Hall–Kier alpha value is -2.02. The first-order valence-electron chi connectivity index (χ1n) is 8.00. The highest BCUT2D eigenvalue weighted by Crippen LogP contribution is 2.46. The second kappa shape index (κ2) is 5.81. The molecule has 1 spiro atoms. The molecule has 2 aliphatic rings. The van der Waals surface area contributed by atoms with Gasteiger partial charge in [0.05, 0.1) is 10.4 Å². The van der Waals surface area contributed by atoms with Gasteiger partial charge >= 0.3 is 0 Å². The maximum atomic E-state index is 12.6. The quantitative estimate of drug-likeness (QED) is 0.851. The number of likely N-dealkylation sites (tertiary alicyclic amines) is 1. The zero-order chi connectivity index (χ0) is 16.7. The number of amides is 1. The highest BCUT2D eigenvalue weighted by Gasteiger charge is 2.51. The molecule has 7 heteroatoms. The number of rotatable bonds is 3. The van der Waals surface area contributed by atoms with Crippen molar-refractivity contribution in [2.45, 2.75) is 31.1 Å². The van der Waals surface area contributed by atoms with Crippen molar-refractivity contribution in [3.63, 3.8) is 0 Å².